The minimum Gasteiger partial charge on any atom is -0.311 e. The molecule has 1 heterocycles. The van der Waals surface area contributed by atoms with Crippen LogP contribution in [-0.4, -0.2) is 36.6 Å². The van der Waals surface area contributed by atoms with Crippen LogP contribution in [0.5, 0.6) is 0 Å². The molecule has 1 saturated heterocycles. The van der Waals surface area contributed by atoms with Crippen LogP contribution in [0.15, 0.2) is 30.3 Å². The smallest absolute Gasteiger partial charge is 0.0244 e. The lowest BCUT2D eigenvalue weighted by Gasteiger charge is -2.42. The fraction of sp³-hybridized carbons (Fsp3) is 0.684. The first kappa shape index (κ1) is 16.5. The number of piperazine rings is 1. The predicted molar refractivity (Wildman–Crippen MR) is 91.7 cm³/mol. The van der Waals surface area contributed by atoms with E-state index >= 15 is 0 Å². The van der Waals surface area contributed by atoms with E-state index in [0.29, 0.717) is 12.1 Å². The number of nitrogens with one attached hydrogen (secondary N) is 1. The normalized spacial score (nSPS) is 23.6. The Morgan fingerprint density at radius 2 is 2.00 bits per heavy atom. The Morgan fingerprint density at radius 1 is 1.24 bits per heavy atom. The van der Waals surface area contributed by atoms with Crippen LogP contribution in [0.25, 0.3) is 0 Å². The molecule has 2 heteroatoms. The quantitative estimate of drug-likeness (QED) is 0.822. The van der Waals surface area contributed by atoms with Crippen LogP contribution < -0.4 is 5.32 Å². The van der Waals surface area contributed by atoms with Gasteiger partial charge >= 0.3 is 0 Å². The molecule has 0 aliphatic carbocycles. The van der Waals surface area contributed by atoms with Crippen LogP contribution in [0.4, 0.5) is 0 Å². The van der Waals surface area contributed by atoms with Crippen molar-refractivity contribution < 1.29 is 0 Å². The lowest BCUT2D eigenvalue weighted by atomic mass is 9.96. The van der Waals surface area contributed by atoms with E-state index in [9.17, 15) is 0 Å². The van der Waals surface area contributed by atoms with Gasteiger partial charge in [-0.25, -0.2) is 0 Å². The van der Waals surface area contributed by atoms with Gasteiger partial charge < -0.3 is 5.32 Å². The van der Waals surface area contributed by atoms with Gasteiger partial charge in [-0.1, -0.05) is 57.5 Å². The number of hydrogen-bond acceptors (Lipinski definition) is 2. The van der Waals surface area contributed by atoms with Gasteiger partial charge in [0.15, 0.2) is 0 Å². The van der Waals surface area contributed by atoms with Crippen LogP contribution in [0.3, 0.4) is 0 Å². The third kappa shape index (κ3) is 5.12. The summed E-state index contributed by atoms with van der Waals surface area (Å²) in [6.07, 6.45) is 5.06. The molecule has 2 rings (SSSR count). The van der Waals surface area contributed by atoms with E-state index in [1.54, 1.807) is 0 Å². The van der Waals surface area contributed by atoms with Gasteiger partial charge in [0.1, 0.15) is 0 Å². The number of aryl methyl sites for hydroxylation is 1. The molecule has 0 amide bonds. The molecule has 0 radical (unpaired) electrons. The molecule has 118 valence electrons. The number of rotatable bonds is 7. The zero-order valence-corrected chi connectivity index (χ0v) is 14.0. The first-order chi connectivity index (χ1) is 10.2. The van der Waals surface area contributed by atoms with Crippen LogP contribution in [0.1, 0.15) is 45.6 Å². The highest BCUT2D eigenvalue weighted by molar-refractivity contribution is 5.14. The Balaban J connectivity index is 1.84. The molecule has 1 fully saturated rings. The molecule has 1 aromatic rings. The number of benzene rings is 1. The molecule has 2 atom stereocenters. The van der Waals surface area contributed by atoms with Gasteiger partial charge in [0.05, 0.1) is 0 Å². The lowest BCUT2D eigenvalue weighted by Crippen LogP contribution is -2.58. The topological polar surface area (TPSA) is 15.3 Å². The zero-order valence-electron chi connectivity index (χ0n) is 14.0. The summed E-state index contributed by atoms with van der Waals surface area (Å²) in [6.45, 7) is 10.6. The van der Waals surface area contributed by atoms with Crippen molar-refractivity contribution in [2.75, 3.05) is 19.6 Å². The van der Waals surface area contributed by atoms with Crippen LogP contribution in [0.2, 0.25) is 0 Å². The summed E-state index contributed by atoms with van der Waals surface area (Å²) in [5.74, 6) is 0.733. The summed E-state index contributed by atoms with van der Waals surface area (Å²) < 4.78 is 0. The van der Waals surface area contributed by atoms with E-state index in [0.717, 1.165) is 12.5 Å². The maximum absolute atomic E-state index is 3.75. The van der Waals surface area contributed by atoms with Gasteiger partial charge in [-0.2, -0.15) is 0 Å². The average Bonchev–Trinajstić information content (AvgIpc) is 2.49. The number of hydrogen-bond donors (Lipinski definition) is 1. The molecular weight excluding hydrogens is 256 g/mol. The molecule has 0 spiro atoms. The molecule has 1 aliphatic rings. The van der Waals surface area contributed by atoms with Gasteiger partial charge in [-0.15, -0.1) is 0 Å². The summed E-state index contributed by atoms with van der Waals surface area (Å²) >= 11 is 0. The molecular formula is C19H32N2. The molecule has 2 unspecified atom stereocenters. The Labute approximate surface area is 130 Å². The lowest BCUT2D eigenvalue weighted by molar-refractivity contribution is 0.0945. The highest BCUT2D eigenvalue weighted by atomic mass is 15.2. The van der Waals surface area contributed by atoms with Crippen molar-refractivity contribution in [3.8, 4) is 0 Å². The molecule has 2 nitrogen and oxygen atoms in total. The SMILES string of the molecule is CCCC1CN(CCCc2ccccc2)C(C(C)C)CN1. The second kappa shape index (κ2) is 8.55. The van der Waals surface area contributed by atoms with Crippen molar-refractivity contribution in [2.45, 2.75) is 58.5 Å². The van der Waals surface area contributed by atoms with E-state index in [2.05, 4.69) is 61.3 Å². The molecule has 1 aliphatic heterocycles. The third-order valence-corrected chi connectivity index (χ3v) is 4.70. The van der Waals surface area contributed by atoms with E-state index < -0.39 is 0 Å². The van der Waals surface area contributed by atoms with E-state index in [1.807, 2.05) is 0 Å². The summed E-state index contributed by atoms with van der Waals surface area (Å²) in [6, 6.07) is 12.3. The minimum absolute atomic E-state index is 0.696. The molecule has 0 bridgehead atoms. The fourth-order valence-corrected chi connectivity index (χ4v) is 3.49. The maximum Gasteiger partial charge on any atom is 0.0244 e. The van der Waals surface area contributed by atoms with Crippen molar-refractivity contribution in [1.82, 2.24) is 10.2 Å². The van der Waals surface area contributed by atoms with E-state index in [4.69, 9.17) is 0 Å². The maximum atomic E-state index is 3.75. The second-order valence-electron chi connectivity index (χ2n) is 6.79. The number of nitrogens with zero attached hydrogens (tertiary/aromatic N) is 1. The van der Waals surface area contributed by atoms with Gasteiger partial charge in [0.2, 0.25) is 0 Å². The first-order valence-electron chi connectivity index (χ1n) is 8.72. The zero-order chi connectivity index (χ0) is 15.1. The van der Waals surface area contributed by atoms with Gasteiger partial charge in [-0.05, 0) is 37.3 Å². The monoisotopic (exact) mass is 288 g/mol. The molecule has 0 aromatic heterocycles. The summed E-state index contributed by atoms with van der Waals surface area (Å²) in [4.78, 5) is 2.74. The molecule has 21 heavy (non-hydrogen) atoms. The fourth-order valence-electron chi connectivity index (χ4n) is 3.49. The Bertz CT molecular complexity index is 388. The molecule has 1 aromatic carbocycles. The summed E-state index contributed by atoms with van der Waals surface area (Å²) in [7, 11) is 0. The van der Waals surface area contributed by atoms with Crippen LogP contribution in [-0.2, 0) is 6.42 Å². The Hall–Kier alpha value is -0.860. The van der Waals surface area contributed by atoms with E-state index in [-0.39, 0.29) is 0 Å². The summed E-state index contributed by atoms with van der Waals surface area (Å²) in [5, 5.41) is 3.75. The van der Waals surface area contributed by atoms with Crippen LogP contribution >= 0.6 is 0 Å². The van der Waals surface area contributed by atoms with Crippen molar-refractivity contribution >= 4 is 0 Å². The standard InChI is InChI=1S/C19H32N2/c1-4-9-18-15-21(19(14-20-18)16(2)3)13-8-12-17-10-6-5-7-11-17/h5-7,10-11,16,18-20H,4,8-9,12-15H2,1-3H3. The first-order valence-corrected chi connectivity index (χ1v) is 8.72. The van der Waals surface area contributed by atoms with E-state index in [1.165, 1.54) is 44.3 Å². The minimum atomic E-state index is 0.696. The molecule has 1 N–H and O–H groups in total. The average molecular weight is 288 g/mol. The van der Waals surface area contributed by atoms with Crippen molar-refractivity contribution in [2.24, 2.45) is 5.92 Å². The van der Waals surface area contributed by atoms with Gasteiger partial charge in [0.25, 0.3) is 0 Å². The Kier molecular flexibility index (Phi) is 6.72. The van der Waals surface area contributed by atoms with Crippen molar-refractivity contribution in [3.63, 3.8) is 0 Å². The third-order valence-electron chi connectivity index (χ3n) is 4.70. The predicted octanol–water partition coefficient (Wildman–Crippen LogP) is 3.72. The van der Waals surface area contributed by atoms with Crippen molar-refractivity contribution in [1.29, 1.82) is 0 Å². The van der Waals surface area contributed by atoms with Crippen molar-refractivity contribution in [3.05, 3.63) is 35.9 Å². The highest BCUT2D eigenvalue weighted by Crippen LogP contribution is 2.18. The summed E-state index contributed by atoms with van der Waals surface area (Å²) in [5.41, 5.74) is 1.47. The Morgan fingerprint density at radius 3 is 2.67 bits per heavy atom. The van der Waals surface area contributed by atoms with Gasteiger partial charge in [-0.3, -0.25) is 4.90 Å². The second-order valence-corrected chi connectivity index (χ2v) is 6.79. The molecule has 0 saturated carbocycles. The van der Waals surface area contributed by atoms with Gasteiger partial charge in [0, 0.05) is 25.2 Å². The highest BCUT2D eigenvalue weighted by Gasteiger charge is 2.28. The largest absolute Gasteiger partial charge is 0.311 e. The van der Waals surface area contributed by atoms with Crippen LogP contribution in [0, 0.1) is 5.92 Å².